The van der Waals surface area contributed by atoms with Crippen LogP contribution in [0.3, 0.4) is 0 Å². The number of nitrogens with one attached hydrogen (secondary N) is 1. The molecule has 9 heteroatoms. The molecular formula is C11H17NO7S. The van der Waals surface area contributed by atoms with E-state index >= 15 is 0 Å². The number of carbonyl (C=O) groups excluding carboxylic acids is 2. The van der Waals surface area contributed by atoms with Crippen molar-refractivity contribution >= 4 is 22.0 Å². The molecular weight excluding hydrogens is 290 g/mol. The molecule has 114 valence electrons. The van der Waals surface area contributed by atoms with Crippen LogP contribution in [0.1, 0.15) is 13.8 Å². The molecule has 0 amide bonds. The molecule has 1 aliphatic rings. The second kappa shape index (κ2) is 6.82. The predicted octanol–water partition coefficient (Wildman–Crippen LogP) is -0.688. The van der Waals surface area contributed by atoms with Crippen LogP contribution in [0.4, 0.5) is 0 Å². The van der Waals surface area contributed by atoms with Gasteiger partial charge in [-0.1, -0.05) is 0 Å². The maximum absolute atomic E-state index is 11.1. The lowest BCUT2D eigenvalue weighted by molar-refractivity contribution is -0.163. The molecule has 0 radical (unpaired) electrons. The van der Waals surface area contributed by atoms with Gasteiger partial charge in [0.1, 0.15) is 25.0 Å². The molecule has 0 aliphatic carbocycles. The highest BCUT2D eigenvalue weighted by molar-refractivity contribution is 7.88. The molecule has 0 saturated heterocycles. The van der Waals surface area contributed by atoms with Crippen LogP contribution in [0.15, 0.2) is 12.2 Å². The van der Waals surface area contributed by atoms with Crippen molar-refractivity contribution in [1.29, 1.82) is 0 Å². The van der Waals surface area contributed by atoms with Gasteiger partial charge in [0.25, 0.3) is 0 Å². The Bertz CT molecular complexity index is 499. The van der Waals surface area contributed by atoms with Crippen LogP contribution in [0.5, 0.6) is 0 Å². The van der Waals surface area contributed by atoms with Crippen LogP contribution in [0.2, 0.25) is 0 Å². The SMILES string of the molecule is CC(=O)OC[C@H]1O[C@H](NS(C)(=O)=O)C=C[C@@H]1OC(C)=O. The van der Waals surface area contributed by atoms with Gasteiger partial charge in [-0.2, -0.15) is 4.72 Å². The Morgan fingerprint density at radius 3 is 2.40 bits per heavy atom. The van der Waals surface area contributed by atoms with Crippen molar-refractivity contribution in [2.45, 2.75) is 32.3 Å². The first-order valence-electron chi connectivity index (χ1n) is 5.79. The molecule has 0 unspecified atom stereocenters. The molecule has 0 bridgehead atoms. The van der Waals surface area contributed by atoms with Crippen LogP contribution < -0.4 is 4.72 Å². The van der Waals surface area contributed by atoms with Crippen LogP contribution in [0.25, 0.3) is 0 Å². The maximum Gasteiger partial charge on any atom is 0.303 e. The molecule has 0 fully saturated rings. The quantitative estimate of drug-likeness (QED) is 0.529. The Hall–Kier alpha value is -1.45. The van der Waals surface area contributed by atoms with Gasteiger partial charge in [0, 0.05) is 13.8 Å². The average Bonchev–Trinajstić information content (AvgIpc) is 2.26. The third kappa shape index (κ3) is 6.13. The number of sulfonamides is 1. The molecule has 0 aromatic heterocycles. The van der Waals surface area contributed by atoms with Crippen molar-refractivity contribution in [3.8, 4) is 0 Å². The van der Waals surface area contributed by atoms with Crippen molar-refractivity contribution in [2.75, 3.05) is 12.9 Å². The van der Waals surface area contributed by atoms with E-state index in [4.69, 9.17) is 14.2 Å². The van der Waals surface area contributed by atoms with Gasteiger partial charge in [-0.15, -0.1) is 0 Å². The number of ether oxygens (including phenoxy) is 3. The largest absolute Gasteiger partial charge is 0.463 e. The Balaban J connectivity index is 2.76. The van der Waals surface area contributed by atoms with Gasteiger partial charge in [-0.25, -0.2) is 8.42 Å². The number of carbonyl (C=O) groups is 2. The van der Waals surface area contributed by atoms with Gasteiger partial charge in [0.05, 0.1) is 6.26 Å². The van der Waals surface area contributed by atoms with Crippen molar-refractivity contribution in [2.24, 2.45) is 0 Å². The summed E-state index contributed by atoms with van der Waals surface area (Å²) >= 11 is 0. The lowest BCUT2D eigenvalue weighted by Crippen LogP contribution is -2.47. The number of hydrogen-bond acceptors (Lipinski definition) is 7. The Morgan fingerprint density at radius 2 is 1.90 bits per heavy atom. The van der Waals surface area contributed by atoms with Gasteiger partial charge < -0.3 is 14.2 Å². The van der Waals surface area contributed by atoms with Gasteiger partial charge in [-0.3, -0.25) is 9.59 Å². The molecule has 3 atom stereocenters. The van der Waals surface area contributed by atoms with E-state index in [0.29, 0.717) is 0 Å². The van der Waals surface area contributed by atoms with Gasteiger partial charge >= 0.3 is 11.9 Å². The Labute approximate surface area is 117 Å². The minimum Gasteiger partial charge on any atom is -0.463 e. The summed E-state index contributed by atoms with van der Waals surface area (Å²) in [5, 5.41) is 0. The summed E-state index contributed by atoms with van der Waals surface area (Å²) in [7, 11) is -3.46. The summed E-state index contributed by atoms with van der Waals surface area (Å²) in [5.41, 5.74) is 0. The summed E-state index contributed by atoms with van der Waals surface area (Å²) in [4.78, 5) is 21.8. The standard InChI is InChI=1S/C11H17NO7S/c1-7(13)17-6-10-9(18-8(2)14)4-5-11(19-10)12-20(3,15)16/h4-5,9-12H,6H2,1-3H3/t9-,10+,11-/m0/s1. The molecule has 0 spiro atoms. The van der Waals surface area contributed by atoms with Crippen LogP contribution in [-0.2, 0) is 33.8 Å². The maximum atomic E-state index is 11.1. The van der Waals surface area contributed by atoms with E-state index in [0.717, 1.165) is 6.26 Å². The zero-order valence-corrected chi connectivity index (χ0v) is 12.2. The van der Waals surface area contributed by atoms with Gasteiger partial charge in [-0.05, 0) is 12.2 Å². The van der Waals surface area contributed by atoms with Gasteiger partial charge in [0.15, 0.2) is 0 Å². The number of rotatable bonds is 5. The topological polar surface area (TPSA) is 108 Å². The number of hydrogen-bond donors (Lipinski definition) is 1. The highest BCUT2D eigenvalue weighted by Gasteiger charge is 2.31. The second-order valence-electron chi connectivity index (χ2n) is 4.25. The molecule has 0 saturated carbocycles. The van der Waals surface area contributed by atoms with Crippen molar-refractivity contribution in [3.63, 3.8) is 0 Å². The lowest BCUT2D eigenvalue weighted by Gasteiger charge is -2.31. The summed E-state index contributed by atoms with van der Waals surface area (Å²) in [5.74, 6) is -1.04. The van der Waals surface area contributed by atoms with E-state index in [1.165, 1.54) is 26.0 Å². The zero-order valence-electron chi connectivity index (χ0n) is 11.4. The van der Waals surface area contributed by atoms with E-state index in [1.807, 2.05) is 0 Å². The molecule has 1 aliphatic heterocycles. The molecule has 8 nitrogen and oxygen atoms in total. The fraction of sp³-hybridized carbons (Fsp3) is 0.636. The van der Waals surface area contributed by atoms with Crippen LogP contribution >= 0.6 is 0 Å². The first-order chi connectivity index (χ1) is 9.17. The molecule has 20 heavy (non-hydrogen) atoms. The lowest BCUT2D eigenvalue weighted by atomic mass is 10.1. The predicted molar refractivity (Wildman–Crippen MR) is 68.0 cm³/mol. The van der Waals surface area contributed by atoms with Crippen molar-refractivity contribution < 1.29 is 32.2 Å². The van der Waals surface area contributed by atoms with E-state index in [1.54, 1.807) is 0 Å². The normalized spacial score (nSPS) is 26.1. The van der Waals surface area contributed by atoms with E-state index in [-0.39, 0.29) is 6.61 Å². The molecule has 1 heterocycles. The minimum atomic E-state index is -3.46. The Kier molecular flexibility index (Phi) is 5.66. The summed E-state index contributed by atoms with van der Waals surface area (Å²) < 4.78 is 39.7. The second-order valence-corrected chi connectivity index (χ2v) is 6.03. The highest BCUT2D eigenvalue weighted by Crippen LogP contribution is 2.16. The average molecular weight is 307 g/mol. The fourth-order valence-electron chi connectivity index (χ4n) is 1.56. The van der Waals surface area contributed by atoms with E-state index < -0.39 is 40.4 Å². The smallest absolute Gasteiger partial charge is 0.303 e. The molecule has 0 aromatic carbocycles. The van der Waals surface area contributed by atoms with E-state index in [2.05, 4.69) is 4.72 Å². The van der Waals surface area contributed by atoms with Gasteiger partial charge in [0.2, 0.25) is 10.0 Å². The fourth-order valence-corrected chi connectivity index (χ4v) is 2.12. The third-order valence-electron chi connectivity index (χ3n) is 2.25. The number of esters is 2. The van der Waals surface area contributed by atoms with Crippen molar-refractivity contribution in [3.05, 3.63) is 12.2 Å². The highest BCUT2D eigenvalue weighted by atomic mass is 32.2. The van der Waals surface area contributed by atoms with Crippen LogP contribution in [0, 0.1) is 0 Å². The minimum absolute atomic E-state index is 0.153. The molecule has 0 aromatic rings. The van der Waals surface area contributed by atoms with E-state index in [9.17, 15) is 18.0 Å². The molecule has 1 rings (SSSR count). The zero-order chi connectivity index (χ0) is 15.3. The summed E-state index contributed by atoms with van der Waals surface area (Å²) in [6, 6.07) is 0. The first-order valence-corrected chi connectivity index (χ1v) is 7.68. The van der Waals surface area contributed by atoms with Crippen LogP contribution in [-0.4, -0.2) is 51.7 Å². The summed E-state index contributed by atoms with van der Waals surface area (Å²) in [6.45, 7) is 2.31. The first kappa shape index (κ1) is 16.6. The monoisotopic (exact) mass is 307 g/mol. The van der Waals surface area contributed by atoms with Crippen molar-refractivity contribution in [1.82, 2.24) is 4.72 Å². The molecule has 1 N–H and O–H groups in total. The Morgan fingerprint density at radius 1 is 1.25 bits per heavy atom. The summed E-state index contributed by atoms with van der Waals surface area (Å²) in [6.07, 6.45) is 1.46. The third-order valence-corrected chi connectivity index (χ3v) is 2.91.